The van der Waals surface area contributed by atoms with E-state index in [1.165, 1.54) is 0 Å². The zero-order chi connectivity index (χ0) is 13.7. The minimum absolute atomic E-state index is 0.0195. The van der Waals surface area contributed by atoms with Gasteiger partial charge in [-0.2, -0.15) is 0 Å². The van der Waals surface area contributed by atoms with Crippen LogP contribution in [-0.2, 0) is 14.4 Å². The molecule has 0 saturated heterocycles. The number of carbonyl (C=O) groups excluding carboxylic acids is 2. The average molecular weight is 257 g/mol. The van der Waals surface area contributed by atoms with E-state index < -0.39 is 24.3 Å². The molecule has 0 heterocycles. The van der Waals surface area contributed by atoms with Gasteiger partial charge in [0.05, 0.1) is 6.42 Å². The average Bonchev–Trinajstić information content (AvgIpc) is 2.27. The number of aliphatic carboxylic acids is 1. The lowest BCUT2D eigenvalue weighted by Crippen LogP contribution is -2.47. The van der Waals surface area contributed by atoms with E-state index in [0.717, 1.165) is 12.8 Å². The molecule has 0 aromatic carbocycles. The van der Waals surface area contributed by atoms with Gasteiger partial charge in [0.1, 0.15) is 6.04 Å². The first-order valence-corrected chi connectivity index (χ1v) is 5.97. The molecule has 0 aromatic heterocycles. The van der Waals surface area contributed by atoms with Crippen LogP contribution in [0.2, 0.25) is 0 Å². The summed E-state index contributed by atoms with van der Waals surface area (Å²) >= 11 is 0. The van der Waals surface area contributed by atoms with Gasteiger partial charge in [0.2, 0.25) is 11.8 Å². The molecular formula is C11H19N3O4. The largest absolute Gasteiger partial charge is 0.480 e. The summed E-state index contributed by atoms with van der Waals surface area (Å²) in [5.41, 5.74) is 10.7. The van der Waals surface area contributed by atoms with Crippen molar-refractivity contribution in [2.75, 3.05) is 0 Å². The quantitative estimate of drug-likeness (QED) is 0.498. The number of nitrogens with one attached hydrogen (secondary N) is 1. The zero-order valence-electron chi connectivity index (χ0n) is 10.1. The predicted octanol–water partition coefficient (Wildman–Crippen LogP) is -1.05. The fourth-order valence-corrected chi connectivity index (χ4v) is 2.16. The Labute approximate surface area is 105 Å². The van der Waals surface area contributed by atoms with Crippen LogP contribution in [-0.4, -0.2) is 35.0 Å². The van der Waals surface area contributed by atoms with E-state index in [-0.39, 0.29) is 17.9 Å². The van der Waals surface area contributed by atoms with Gasteiger partial charge in [-0.3, -0.25) is 9.59 Å². The van der Waals surface area contributed by atoms with E-state index in [1.807, 2.05) is 0 Å². The van der Waals surface area contributed by atoms with E-state index in [2.05, 4.69) is 5.32 Å². The van der Waals surface area contributed by atoms with Crippen LogP contribution in [0.4, 0.5) is 0 Å². The molecule has 1 aliphatic rings. The van der Waals surface area contributed by atoms with Gasteiger partial charge >= 0.3 is 5.97 Å². The number of amides is 2. The Morgan fingerprint density at radius 2 is 2.00 bits per heavy atom. The lowest BCUT2D eigenvalue weighted by atomic mass is 9.85. The van der Waals surface area contributed by atoms with E-state index in [0.29, 0.717) is 12.8 Å². The van der Waals surface area contributed by atoms with Crippen molar-refractivity contribution < 1.29 is 19.5 Å². The van der Waals surface area contributed by atoms with Crippen LogP contribution >= 0.6 is 0 Å². The van der Waals surface area contributed by atoms with Crippen LogP contribution in [0.25, 0.3) is 0 Å². The maximum absolute atomic E-state index is 11.9. The van der Waals surface area contributed by atoms with Gasteiger partial charge in [-0.05, 0) is 19.3 Å². The van der Waals surface area contributed by atoms with Crippen molar-refractivity contribution in [2.45, 2.75) is 44.2 Å². The monoisotopic (exact) mass is 257 g/mol. The summed E-state index contributed by atoms with van der Waals surface area (Å²) in [7, 11) is 0. The van der Waals surface area contributed by atoms with Gasteiger partial charge < -0.3 is 21.9 Å². The lowest BCUT2D eigenvalue weighted by molar-refractivity contribution is -0.144. The lowest BCUT2D eigenvalue weighted by Gasteiger charge is -2.26. The van der Waals surface area contributed by atoms with Gasteiger partial charge in [0.15, 0.2) is 0 Å². The van der Waals surface area contributed by atoms with Gasteiger partial charge in [-0.15, -0.1) is 0 Å². The molecule has 0 radical (unpaired) electrons. The summed E-state index contributed by atoms with van der Waals surface area (Å²) in [6, 6.07) is -1.28. The number of hydrogen-bond acceptors (Lipinski definition) is 4. The van der Waals surface area contributed by atoms with E-state index in [9.17, 15) is 14.4 Å². The first-order chi connectivity index (χ1) is 8.40. The van der Waals surface area contributed by atoms with E-state index in [4.69, 9.17) is 16.6 Å². The Morgan fingerprint density at radius 1 is 1.33 bits per heavy atom. The second-order valence-corrected chi connectivity index (χ2v) is 4.69. The Bertz CT molecular complexity index is 345. The smallest absolute Gasteiger partial charge is 0.326 e. The third-order valence-corrected chi connectivity index (χ3v) is 3.11. The van der Waals surface area contributed by atoms with Crippen molar-refractivity contribution in [1.29, 1.82) is 0 Å². The first kappa shape index (κ1) is 14.4. The van der Waals surface area contributed by atoms with Gasteiger partial charge in [-0.1, -0.05) is 6.42 Å². The van der Waals surface area contributed by atoms with Crippen LogP contribution in [0.5, 0.6) is 0 Å². The molecule has 1 saturated carbocycles. The number of rotatable bonds is 5. The molecule has 0 spiro atoms. The van der Waals surface area contributed by atoms with Gasteiger partial charge in [0.25, 0.3) is 0 Å². The standard InChI is InChI=1S/C11H19N3O4/c12-7-3-1-2-6(4-7)10(16)14-8(11(17)18)5-9(13)15/h6-8H,1-5,12H2,(H2,13,15)(H,14,16)(H,17,18). The number of carboxylic acid groups (broad SMARTS) is 1. The van der Waals surface area contributed by atoms with Crippen LogP contribution in [0, 0.1) is 5.92 Å². The third-order valence-electron chi connectivity index (χ3n) is 3.11. The fourth-order valence-electron chi connectivity index (χ4n) is 2.16. The van der Waals surface area contributed by atoms with Crippen LogP contribution in [0.15, 0.2) is 0 Å². The van der Waals surface area contributed by atoms with Crippen molar-refractivity contribution >= 4 is 17.8 Å². The molecule has 0 bridgehead atoms. The number of carboxylic acids is 1. The van der Waals surface area contributed by atoms with Crippen molar-refractivity contribution in [3.8, 4) is 0 Å². The summed E-state index contributed by atoms with van der Waals surface area (Å²) in [6.07, 6.45) is 2.58. The molecule has 6 N–H and O–H groups in total. The topological polar surface area (TPSA) is 136 Å². The molecule has 1 fully saturated rings. The molecule has 102 valence electrons. The molecule has 7 heteroatoms. The van der Waals surface area contributed by atoms with Gasteiger partial charge in [0, 0.05) is 12.0 Å². The summed E-state index contributed by atoms with van der Waals surface area (Å²) in [5.74, 6) is -2.66. The molecule has 1 rings (SSSR count). The predicted molar refractivity (Wildman–Crippen MR) is 63.3 cm³/mol. The van der Waals surface area contributed by atoms with Crippen molar-refractivity contribution in [3.05, 3.63) is 0 Å². The first-order valence-electron chi connectivity index (χ1n) is 5.97. The minimum Gasteiger partial charge on any atom is -0.480 e. The normalized spacial score (nSPS) is 25.2. The summed E-state index contributed by atoms with van der Waals surface area (Å²) in [6.45, 7) is 0. The molecule has 7 nitrogen and oxygen atoms in total. The summed E-state index contributed by atoms with van der Waals surface area (Å²) in [5, 5.41) is 11.2. The number of primary amides is 1. The van der Waals surface area contributed by atoms with Crippen LogP contribution in [0.1, 0.15) is 32.1 Å². The highest BCUT2D eigenvalue weighted by Gasteiger charge is 2.29. The van der Waals surface area contributed by atoms with Crippen molar-refractivity contribution in [1.82, 2.24) is 5.32 Å². The zero-order valence-corrected chi connectivity index (χ0v) is 10.1. The highest BCUT2D eigenvalue weighted by atomic mass is 16.4. The summed E-state index contributed by atoms with van der Waals surface area (Å²) in [4.78, 5) is 33.4. The Hall–Kier alpha value is -1.63. The highest BCUT2D eigenvalue weighted by Crippen LogP contribution is 2.23. The van der Waals surface area contributed by atoms with E-state index in [1.54, 1.807) is 0 Å². The molecule has 3 atom stereocenters. The summed E-state index contributed by atoms with van der Waals surface area (Å²) < 4.78 is 0. The Balaban J connectivity index is 2.54. The minimum atomic E-state index is -1.26. The molecule has 0 aliphatic heterocycles. The Kier molecular flexibility index (Phi) is 5.08. The van der Waals surface area contributed by atoms with Crippen molar-refractivity contribution in [3.63, 3.8) is 0 Å². The number of nitrogens with two attached hydrogens (primary N) is 2. The van der Waals surface area contributed by atoms with Crippen molar-refractivity contribution in [2.24, 2.45) is 17.4 Å². The molecule has 3 unspecified atom stereocenters. The van der Waals surface area contributed by atoms with E-state index >= 15 is 0 Å². The fraction of sp³-hybridized carbons (Fsp3) is 0.727. The second-order valence-electron chi connectivity index (χ2n) is 4.69. The molecular weight excluding hydrogens is 238 g/mol. The Morgan fingerprint density at radius 3 is 2.50 bits per heavy atom. The van der Waals surface area contributed by atoms with Gasteiger partial charge in [-0.25, -0.2) is 4.79 Å². The third kappa shape index (κ3) is 4.33. The molecule has 2 amide bonds. The molecule has 1 aliphatic carbocycles. The second kappa shape index (κ2) is 6.34. The van der Waals surface area contributed by atoms with Crippen LogP contribution in [0.3, 0.4) is 0 Å². The molecule has 0 aromatic rings. The SMILES string of the molecule is NC(=O)CC(NC(=O)C1CCCC(N)C1)C(=O)O. The highest BCUT2D eigenvalue weighted by molar-refractivity contribution is 5.88. The molecule has 18 heavy (non-hydrogen) atoms. The number of hydrogen-bond donors (Lipinski definition) is 4. The van der Waals surface area contributed by atoms with Crippen LogP contribution < -0.4 is 16.8 Å². The maximum atomic E-state index is 11.9. The number of carbonyl (C=O) groups is 3. The maximum Gasteiger partial charge on any atom is 0.326 e.